The van der Waals surface area contributed by atoms with Gasteiger partial charge in [0.15, 0.2) is 0 Å². The molecule has 0 aliphatic heterocycles. The van der Waals surface area contributed by atoms with Gasteiger partial charge in [-0.3, -0.25) is 13.8 Å². The predicted octanol–water partition coefficient (Wildman–Crippen LogP) is 13.1. The lowest BCUT2D eigenvalue weighted by Gasteiger charge is -2.23. The van der Waals surface area contributed by atoms with Crippen LogP contribution in [0.3, 0.4) is 0 Å². The van der Waals surface area contributed by atoms with Crippen LogP contribution in [0.2, 0.25) is 0 Å². The Kier molecular flexibility index (Phi) is 41.4. The molecule has 5 N–H and O–H groups in total. The lowest BCUT2D eigenvalue weighted by Crippen LogP contribution is -2.45. The van der Waals surface area contributed by atoms with Crippen molar-refractivity contribution in [1.29, 1.82) is 0 Å². The van der Waals surface area contributed by atoms with Gasteiger partial charge in [-0.25, -0.2) is 4.57 Å². The van der Waals surface area contributed by atoms with Gasteiger partial charge in [-0.2, -0.15) is 0 Å². The number of carbonyl (C=O) groups excluding carboxylic acids is 1. The second-order valence-electron chi connectivity index (χ2n) is 15.2. The molecule has 3 atom stereocenters. The van der Waals surface area contributed by atoms with Crippen molar-refractivity contribution in [3.8, 4) is 0 Å². The molecule has 0 aliphatic carbocycles. The first-order chi connectivity index (χ1) is 27.4. The van der Waals surface area contributed by atoms with E-state index in [0.29, 0.717) is 6.42 Å². The average molecular weight is 807 g/mol. The van der Waals surface area contributed by atoms with Crippen molar-refractivity contribution in [2.24, 2.45) is 5.73 Å². The summed E-state index contributed by atoms with van der Waals surface area (Å²) in [5.41, 5.74) is 5.38. The molecule has 0 aliphatic rings. The third-order valence-electron chi connectivity index (χ3n) is 9.85. The Morgan fingerprint density at radius 1 is 0.607 bits per heavy atom. The SMILES string of the molecule is CC/C=C\C/C=C\C/C=C\C/C=C\CCCCCCCCC(=O)NC(COP(=O)(O)OCCN)C(O)/C=C/CCCCCCCCCCCCCCCCCC. The van der Waals surface area contributed by atoms with Crippen LogP contribution in [-0.2, 0) is 18.4 Å². The van der Waals surface area contributed by atoms with Crippen LogP contribution >= 0.6 is 7.82 Å². The van der Waals surface area contributed by atoms with Crippen molar-refractivity contribution in [2.75, 3.05) is 19.8 Å². The van der Waals surface area contributed by atoms with Gasteiger partial charge in [0, 0.05) is 13.0 Å². The number of phosphoric ester groups is 1. The molecule has 0 radical (unpaired) electrons. The number of nitrogens with one attached hydrogen (secondary N) is 1. The number of phosphoric acid groups is 1. The van der Waals surface area contributed by atoms with E-state index in [0.717, 1.165) is 77.0 Å². The average Bonchev–Trinajstić information content (AvgIpc) is 3.19. The smallest absolute Gasteiger partial charge is 0.387 e. The van der Waals surface area contributed by atoms with Crippen LogP contribution in [0.25, 0.3) is 0 Å². The minimum Gasteiger partial charge on any atom is -0.387 e. The number of rotatable bonds is 42. The fraction of sp³-hybridized carbons (Fsp3) is 0.766. The summed E-state index contributed by atoms with van der Waals surface area (Å²) in [6.45, 7) is 4.01. The molecule has 326 valence electrons. The van der Waals surface area contributed by atoms with E-state index in [9.17, 15) is 19.4 Å². The van der Waals surface area contributed by atoms with Crippen molar-refractivity contribution in [3.63, 3.8) is 0 Å². The van der Waals surface area contributed by atoms with Crippen LogP contribution in [0.15, 0.2) is 60.8 Å². The summed E-state index contributed by atoms with van der Waals surface area (Å²) >= 11 is 0. The normalized spacial score (nSPS) is 14.6. The molecule has 0 spiro atoms. The van der Waals surface area contributed by atoms with Crippen LogP contribution in [0, 0.1) is 0 Å². The van der Waals surface area contributed by atoms with Crippen LogP contribution in [0.4, 0.5) is 0 Å². The molecule has 8 nitrogen and oxygen atoms in total. The molecule has 3 unspecified atom stereocenters. The summed E-state index contributed by atoms with van der Waals surface area (Å²) in [6, 6.07) is -0.871. The molecule has 0 saturated carbocycles. The second-order valence-corrected chi connectivity index (χ2v) is 16.7. The maximum absolute atomic E-state index is 12.8. The highest BCUT2D eigenvalue weighted by molar-refractivity contribution is 7.47. The maximum atomic E-state index is 12.8. The van der Waals surface area contributed by atoms with Crippen LogP contribution in [0.1, 0.15) is 200 Å². The summed E-state index contributed by atoms with van der Waals surface area (Å²) in [6.07, 6.45) is 54.1. The van der Waals surface area contributed by atoms with Crippen LogP contribution < -0.4 is 11.1 Å². The largest absolute Gasteiger partial charge is 0.472 e. The van der Waals surface area contributed by atoms with Crippen molar-refractivity contribution in [2.45, 2.75) is 212 Å². The lowest BCUT2D eigenvalue weighted by atomic mass is 10.0. The summed E-state index contributed by atoms with van der Waals surface area (Å²) in [5, 5.41) is 13.7. The minimum atomic E-state index is -4.35. The number of unbranched alkanes of at least 4 members (excludes halogenated alkanes) is 22. The molecule has 0 heterocycles. The van der Waals surface area contributed by atoms with Crippen LogP contribution in [0.5, 0.6) is 0 Å². The molecule has 0 bridgehead atoms. The Labute approximate surface area is 344 Å². The predicted molar refractivity (Wildman–Crippen MR) is 240 cm³/mol. The fourth-order valence-corrected chi connectivity index (χ4v) is 7.18. The van der Waals surface area contributed by atoms with E-state index in [1.807, 2.05) is 6.08 Å². The summed E-state index contributed by atoms with van der Waals surface area (Å²) in [5.74, 6) is -0.209. The Morgan fingerprint density at radius 2 is 1.04 bits per heavy atom. The molecular formula is C47H87N2O6P. The molecule has 0 fully saturated rings. The van der Waals surface area contributed by atoms with E-state index < -0.39 is 20.0 Å². The van der Waals surface area contributed by atoms with E-state index in [4.69, 9.17) is 14.8 Å². The Morgan fingerprint density at radius 3 is 1.52 bits per heavy atom. The monoisotopic (exact) mass is 807 g/mol. The summed E-state index contributed by atoms with van der Waals surface area (Å²) in [7, 11) is -4.35. The van der Waals surface area contributed by atoms with Crippen molar-refractivity contribution in [1.82, 2.24) is 5.32 Å². The Bertz CT molecular complexity index is 1060. The first-order valence-corrected chi connectivity index (χ1v) is 24.4. The van der Waals surface area contributed by atoms with Gasteiger partial charge in [0.25, 0.3) is 0 Å². The molecule has 0 rings (SSSR count). The van der Waals surface area contributed by atoms with Gasteiger partial charge in [-0.15, -0.1) is 0 Å². The van der Waals surface area contributed by atoms with Crippen molar-refractivity contribution >= 4 is 13.7 Å². The zero-order valence-corrected chi connectivity index (χ0v) is 37.0. The van der Waals surface area contributed by atoms with Gasteiger partial charge >= 0.3 is 7.82 Å². The van der Waals surface area contributed by atoms with Gasteiger partial charge in [0.2, 0.25) is 5.91 Å². The van der Waals surface area contributed by atoms with Gasteiger partial charge in [-0.05, 0) is 57.8 Å². The lowest BCUT2D eigenvalue weighted by molar-refractivity contribution is -0.123. The van der Waals surface area contributed by atoms with E-state index in [-0.39, 0.29) is 25.7 Å². The number of allylic oxidation sites excluding steroid dienone is 9. The highest BCUT2D eigenvalue weighted by Gasteiger charge is 2.26. The number of carbonyl (C=O) groups is 1. The topological polar surface area (TPSA) is 131 Å². The van der Waals surface area contributed by atoms with E-state index in [1.54, 1.807) is 6.08 Å². The maximum Gasteiger partial charge on any atom is 0.472 e. The minimum absolute atomic E-state index is 0.0735. The Balaban J connectivity index is 4.22. The molecule has 9 heteroatoms. The van der Waals surface area contributed by atoms with Gasteiger partial charge in [0.05, 0.1) is 25.4 Å². The highest BCUT2D eigenvalue weighted by Crippen LogP contribution is 2.43. The first-order valence-electron chi connectivity index (χ1n) is 22.9. The fourth-order valence-electron chi connectivity index (χ4n) is 6.42. The molecule has 0 aromatic carbocycles. The Hall–Kier alpha value is -1.80. The van der Waals surface area contributed by atoms with Crippen molar-refractivity contribution in [3.05, 3.63) is 60.8 Å². The van der Waals surface area contributed by atoms with E-state index in [2.05, 4.69) is 67.8 Å². The van der Waals surface area contributed by atoms with Gasteiger partial charge in [0.1, 0.15) is 0 Å². The molecule has 0 aromatic rings. The van der Waals surface area contributed by atoms with E-state index in [1.165, 1.54) is 103 Å². The zero-order chi connectivity index (χ0) is 41.1. The third-order valence-corrected chi connectivity index (χ3v) is 10.8. The molecule has 1 amide bonds. The summed E-state index contributed by atoms with van der Waals surface area (Å²) < 4.78 is 22.2. The number of hydrogen-bond donors (Lipinski definition) is 4. The number of amides is 1. The quantitative estimate of drug-likeness (QED) is 0.0274. The third kappa shape index (κ3) is 40.4. The summed E-state index contributed by atoms with van der Waals surface area (Å²) in [4.78, 5) is 22.7. The number of aliphatic hydroxyl groups is 1. The number of aliphatic hydroxyl groups excluding tert-OH is 1. The first kappa shape index (κ1) is 54.2. The highest BCUT2D eigenvalue weighted by atomic mass is 31.2. The standard InChI is InChI=1S/C47H87N2O6P/c1-3-5-7-9-11-13-15-17-19-21-23-25-27-29-31-33-35-37-39-41-47(51)49-45(44-55-56(52,53)54-43-42-48)46(50)40-38-36-34-32-30-28-26-24-22-20-18-16-14-12-10-8-6-4-2/h5,7,11,13,17,19,23,25,38,40,45-46,50H,3-4,6,8-10,12,14-16,18,20-22,24,26-37,39,41-44,48H2,1-2H3,(H,49,51)(H,52,53)/b7-5-,13-11-,19-17-,25-23-,40-38+. The second kappa shape index (κ2) is 42.8. The zero-order valence-electron chi connectivity index (χ0n) is 36.1. The van der Waals surface area contributed by atoms with Gasteiger partial charge in [-0.1, -0.05) is 197 Å². The molecule has 56 heavy (non-hydrogen) atoms. The number of hydrogen-bond acceptors (Lipinski definition) is 6. The van der Waals surface area contributed by atoms with Gasteiger partial charge < -0.3 is 21.1 Å². The number of nitrogens with two attached hydrogens (primary N) is 1. The molecule has 0 saturated heterocycles. The molecular weight excluding hydrogens is 719 g/mol. The van der Waals surface area contributed by atoms with Crippen LogP contribution in [-0.4, -0.2) is 47.8 Å². The molecule has 0 aromatic heterocycles. The van der Waals surface area contributed by atoms with E-state index >= 15 is 0 Å². The van der Waals surface area contributed by atoms with Crippen molar-refractivity contribution < 1.29 is 28.4 Å².